The molecule has 2 fully saturated rings. The SMILES string of the molecule is C=CCN1CC(=O)N2[C@@H](Cc3ccc(O)cc3)C(=O)N(Cc3ccccc3Sc3ccc(Cl)cc3)C[C@@H]2N1C(=O)CCc1ccccc1. The van der Waals surface area contributed by atoms with E-state index in [1.165, 1.54) is 0 Å². The van der Waals surface area contributed by atoms with Gasteiger partial charge in [0.05, 0.1) is 13.1 Å². The highest BCUT2D eigenvalue weighted by Crippen LogP contribution is 2.34. The average Bonchev–Trinajstić information content (AvgIpc) is 3.09. The minimum atomic E-state index is -0.841. The van der Waals surface area contributed by atoms with Gasteiger partial charge in [0.1, 0.15) is 18.0 Å². The second-order valence-electron chi connectivity index (χ2n) is 11.9. The third-order valence-corrected chi connectivity index (χ3v) is 10.0. The summed E-state index contributed by atoms with van der Waals surface area (Å²) in [4.78, 5) is 47.8. The van der Waals surface area contributed by atoms with Gasteiger partial charge in [0, 0.05) is 40.7 Å². The number of fused-ring (bicyclic) bond motifs is 1. The van der Waals surface area contributed by atoms with Crippen molar-refractivity contribution in [2.45, 2.75) is 47.8 Å². The fourth-order valence-corrected chi connectivity index (χ4v) is 7.40. The summed E-state index contributed by atoms with van der Waals surface area (Å²) in [6.45, 7) is 4.60. The first-order chi connectivity index (χ1) is 23.3. The zero-order valence-electron chi connectivity index (χ0n) is 26.5. The van der Waals surface area contributed by atoms with Crippen molar-refractivity contribution in [3.05, 3.63) is 137 Å². The Morgan fingerprint density at radius 1 is 0.917 bits per heavy atom. The largest absolute Gasteiger partial charge is 0.508 e. The lowest BCUT2D eigenvalue weighted by atomic mass is 9.98. The van der Waals surface area contributed by atoms with Crippen LogP contribution < -0.4 is 0 Å². The number of phenols is 1. The van der Waals surface area contributed by atoms with Crippen LogP contribution in [0, 0.1) is 0 Å². The van der Waals surface area contributed by atoms with Crippen LogP contribution in [0.1, 0.15) is 23.1 Å². The Balaban J connectivity index is 1.34. The van der Waals surface area contributed by atoms with Gasteiger partial charge >= 0.3 is 0 Å². The molecule has 0 radical (unpaired) electrons. The number of amides is 3. The van der Waals surface area contributed by atoms with E-state index in [0.717, 1.165) is 26.5 Å². The highest BCUT2D eigenvalue weighted by molar-refractivity contribution is 7.99. The molecule has 0 unspecified atom stereocenters. The molecule has 2 heterocycles. The third kappa shape index (κ3) is 7.59. The standard InChI is InChI=1S/C38H37ClN4O4S/c1-2-22-41-26-37(46)42-33(23-28-12-17-31(44)18-13-28)38(47)40(25-35(42)43(41)36(45)21-14-27-8-4-3-5-9-27)24-29-10-6-7-11-34(29)48-32-19-15-30(39)16-20-32/h2-13,15-20,33,35,44H,1,14,21-26H2/t33-,35-/m0/s1. The number of hydrogen-bond acceptors (Lipinski definition) is 6. The maximum Gasteiger partial charge on any atom is 0.246 e. The Kier molecular flexibility index (Phi) is 10.5. The molecule has 3 amide bonds. The topological polar surface area (TPSA) is 84.4 Å². The molecule has 8 nitrogen and oxygen atoms in total. The van der Waals surface area contributed by atoms with Crippen molar-refractivity contribution in [2.24, 2.45) is 0 Å². The number of carbonyl (C=O) groups is 3. The zero-order chi connectivity index (χ0) is 33.6. The molecule has 4 aromatic rings. The van der Waals surface area contributed by atoms with Crippen molar-refractivity contribution in [2.75, 3.05) is 19.6 Å². The van der Waals surface area contributed by atoms with Crippen LogP contribution >= 0.6 is 23.4 Å². The Morgan fingerprint density at radius 3 is 2.35 bits per heavy atom. The van der Waals surface area contributed by atoms with Crippen molar-refractivity contribution in [1.82, 2.24) is 19.8 Å². The first-order valence-corrected chi connectivity index (χ1v) is 17.1. The molecule has 0 aromatic heterocycles. The van der Waals surface area contributed by atoms with E-state index in [2.05, 4.69) is 6.58 Å². The predicted octanol–water partition coefficient (Wildman–Crippen LogP) is 6.18. The van der Waals surface area contributed by atoms with E-state index in [-0.39, 0.29) is 49.4 Å². The molecule has 2 saturated heterocycles. The van der Waals surface area contributed by atoms with Crippen molar-refractivity contribution >= 4 is 41.1 Å². The van der Waals surface area contributed by atoms with Gasteiger partial charge in [-0.1, -0.05) is 90.1 Å². The zero-order valence-corrected chi connectivity index (χ0v) is 28.0. The molecular formula is C38H37ClN4O4S. The number of rotatable bonds is 11. The van der Waals surface area contributed by atoms with Gasteiger partial charge in [-0.15, -0.1) is 6.58 Å². The minimum Gasteiger partial charge on any atom is -0.508 e. The van der Waals surface area contributed by atoms with Crippen LogP contribution in [0.25, 0.3) is 0 Å². The van der Waals surface area contributed by atoms with E-state index in [1.807, 2.05) is 78.9 Å². The molecule has 1 N–H and O–H groups in total. The van der Waals surface area contributed by atoms with Gasteiger partial charge in [-0.2, -0.15) is 0 Å². The monoisotopic (exact) mass is 680 g/mol. The summed E-state index contributed by atoms with van der Waals surface area (Å²) in [7, 11) is 0. The number of benzene rings is 4. The number of piperazine rings is 1. The fourth-order valence-electron chi connectivity index (χ4n) is 6.34. The predicted molar refractivity (Wildman–Crippen MR) is 187 cm³/mol. The molecule has 6 rings (SSSR count). The normalized spacial score (nSPS) is 18.1. The Labute approximate surface area is 290 Å². The van der Waals surface area contributed by atoms with Gasteiger partial charge in [0.2, 0.25) is 17.7 Å². The second-order valence-corrected chi connectivity index (χ2v) is 13.5. The summed E-state index contributed by atoms with van der Waals surface area (Å²) in [6, 6.07) is 31.2. The quantitative estimate of drug-likeness (QED) is 0.191. The number of nitrogens with zero attached hydrogens (tertiary/aromatic N) is 4. The molecular weight excluding hydrogens is 644 g/mol. The Bertz CT molecular complexity index is 1770. The lowest BCUT2D eigenvalue weighted by Gasteiger charge is -2.55. The van der Waals surface area contributed by atoms with E-state index < -0.39 is 12.2 Å². The van der Waals surface area contributed by atoms with Crippen molar-refractivity contribution in [3.63, 3.8) is 0 Å². The summed E-state index contributed by atoms with van der Waals surface area (Å²) in [5.41, 5.74) is 2.80. The average molecular weight is 681 g/mol. The van der Waals surface area contributed by atoms with E-state index in [1.54, 1.807) is 61.9 Å². The van der Waals surface area contributed by atoms with Gasteiger partial charge in [-0.05, 0) is 65.6 Å². The first-order valence-electron chi connectivity index (χ1n) is 15.9. The smallest absolute Gasteiger partial charge is 0.246 e. The maximum absolute atomic E-state index is 14.4. The van der Waals surface area contributed by atoms with Crippen molar-refractivity contribution in [1.29, 1.82) is 0 Å². The molecule has 2 aliphatic heterocycles. The Hall–Kier alpha value is -4.57. The van der Waals surface area contributed by atoms with Crippen LogP contribution in [-0.4, -0.2) is 74.5 Å². The van der Waals surface area contributed by atoms with Gasteiger partial charge in [0.15, 0.2) is 0 Å². The molecule has 0 spiro atoms. The molecule has 2 atom stereocenters. The van der Waals surface area contributed by atoms with Crippen LogP contribution in [0.2, 0.25) is 5.02 Å². The van der Waals surface area contributed by atoms with E-state index in [9.17, 15) is 19.5 Å². The van der Waals surface area contributed by atoms with Gasteiger partial charge in [-0.25, -0.2) is 10.0 Å². The number of aryl methyl sites for hydroxylation is 1. The molecule has 10 heteroatoms. The summed E-state index contributed by atoms with van der Waals surface area (Å²) in [5.74, 6) is -0.413. The summed E-state index contributed by atoms with van der Waals surface area (Å²) in [6.07, 6.45) is 2.02. The second kappa shape index (κ2) is 15.1. The first kappa shape index (κ1) is 33.3. The van der Waals surface area contributed by atoms with Crippen LogP contribution in [-0.2, 0) is 33.8 Å². The summed E-state index contributed by atoms with van der Waals surface area (Å²) >= 11 is 7.71. The van der Waals surface area contributed by atoms with Crippen LogP contribution in [0.3, 0.4) is 0 Å². The van der Waals surface area contributed by atoms with Crippen LogP contribution in [0.4, 0.5) is 0 Å². The van der Waals surface area contributed by atoms with Gasteiger partial charge in [-0.3, -0.25) is 14.4 Å². The number of phenolic OH excluding ortho intramolecular Hbond substituents is 1. The fraction of sp³-hybridized carbons (Fsp3) is 0.237. The number of carbonyl (C=O) groups excluding carboxylic acids is 3. The molecule has 0 saturated carbocycles. The lowest BCUT2D eigenvalue weighted by molar-refractivity contribution is -0.205. The van der Waals surface area contributed by atoms with E-state index in [4.69, 9.17) is 11.6 Å². The van der Waals surface area contributed by atoms with Crippen LogP contribution in [0.15, 0.2) is 126 Å². The minimum absolute atomic E-state index is 0.0421. The Morgan fingerprint density at radius 2 is 1.62 bits per heavy atom. The van der Waals surface area contributed by atoms with E-state index in [0.29, 0.717) is 24.5 Å². The molecule has 48 heavy (non-hydrogen) atoms. The third-order valence-electron chi connectivity index (χ3n) is 8.64. The highest BCUT2D eigenvalue weighted by Gasteiger charge is 2.51. The van der Waals surface area contributed by atoms with Gasteiger partial charge < -0.3 is 14.9 Å². The summed E-state index contributed by atoms with van der Waals surface area (Å²) < 4.78 is 0. The lowest BCUT2D eigenvalue weighted by Crippen LogP contribution is -2.75. The van der Waals surface area contributed by atoms with Gasteiger partial charge in [0.25, 0.3) is 0 Å². The number of aromatic hydroxyl groups is 1. The highest BCUT2D eigenvalue weighted by atomic mass is 35.5. The van der Waals surface area contributed by atoms with Crippen LogP contribution in [0.5, 0.6) is 5.75 Å². The molecule has 0 aliphatic carbocycles. The molecule has 246 valence electrons. The number of hydrogen-bond donors (Lipinski definition) is 1. The van der Waals surface area contributed by atoms with Crippen molar-refractivity contribution < 1.29 is 19.5 Å². The number of halogens is 1. The van der Waals surface area contributed by atoms with Crippen molar-refractivity contribution in [3.8, 4) is 5.75 Å². The van der Waals surface area contributed by atoms with E-state index >= 15 is 0 Å². The number of hydrazine groups is 1. The summed E-state index contributed by atoms with van der Waals surface area (Å²) in [5, 5.41) is 14.0. The molecule has 0 bridgehead atoms. The molecule has 2 aliphatic rings. The molecule has 4 aromatic carbocycles. The maximum atomic E-state index is 14.4.